The van der Waals surface area contributed by atoms with Gasteiger partial charge in [0.1, 0.15) is 10.8 Å². The molecule has 0 radical (unpaired) electrons. The molecule has 0 aliphatic carbocycles. The molecule has 2 heterocycles. The summed E-state index contributed by atoms with van der Waals surface area (Å²) in [6, 6.07) is 11.9. The second-order valence-corrected chi connectivity index (χ2v) is 6.30. The molecule has 0 aliphatic rings. The van der Waals surface area contributed by atoms with Crippen LogP contribution in [0.5, 0.6) is 0 Å². The van der Waals surface area contributed by atoms with Gasteiger partial charge < -0.3 is 10.3 Å². The topological polar surface area (TPSA) is 40.7 Å². The maximum atomic E-state index is 6.24. The summed E-state index contributed by atoms with van der Waals surface area (Å²) in [7, 11) is 0. The highest BCUT2D eigenvalue weighted by Crippen LogP contribution is 2.36. The first-order valence-corrected chi connectivity index (χ1v) is 8.10. The van der Waals surface area contributed by atoms with Gasteiger partial charge in [0.15, 0.2) is 0 Å². The summed E-state index contributed by atoms with van der Waals surface area (Å²) in [4.78, 5) is 7.84. The zero-order chi connectivity index (χ0) is 14.8. The molecule has 108 valence electrons. The smallest absolute Gasteiger partial charge is 0.146 e. The second-order valence-electron chi connectivity index (χ2n) is 4.46. The lowest BCUT2D eigenvalue weighted by molar-refractivity contribution is 1.08. The molecule has 6 heteroatoms. The van der Waals surface area contributed by atoms with Crippen LogP contribution < -0.4 is 5.32 Å². The third-order valence-electron chi connectivity index (χ3n) is 2.95. The van der Waals surface area contributed by atoms with E-state index in [0.29, 0.717) is 15.9 Å². The Morgan fingerprint density at radius 2 is 2.00 bits per heavy atom. The molecular formula is C15H13Cl2N3S. The maximum Gasteiger partial charge on any atom is 0.146 e. The van der Waals surface area contributed by atoms with Crippen LogP contribution in [0.4, 0.5) is 5.82 Å². The number of nitrogens with one attached hydrogen (secondary N) is 2. The molecular weight excluding hydrogens is 325 g/mol. The van der Waals surface area contributed by atoms with Crippen LogP contribution in [0.2, 0.25) is 10.0 Å². The van der Waals surface area contributed by atoms with Gasteiger partial charge in [0.25, 0.3) is 0 Å². The molecule has 0 saturated carbocycles. The Labute approximate surface area is 137 Å². The number of rotatable bonds is 4. The van der Waals surface area contributed by atoms with Gasteiger partial charge in [-0.25, -0.2) is 4.98 Å². The van der Waals surface area contributed by atoms with Crippen LogP contribution in [0.1, 0.15) is 6.92 Å². The molecule has 3 nitrogen and oxygen atoms in total. The first kappa shape index (κ1) is 14.6. The number of H-pyrrole nitrogens is 1. The fourth-order valence-electron chi connectivity index (χ4n) is 2.02. The zero-order valence-corrected chi connectivity index (χ0v) is 13.6. The number of pyridine rings is 1. The van der Waals surface area contributed by atoms with Crippen molar-refractivity contribution in [2.75, 3.05) is 11.9 Å². The molecule has 2 N–H and O–H groups in total. The molecule has 0 spiro atoms. The summed E-state index contributed by atoms with van der Waals surface area (Å²) in [5.41, 5.74) is 1.09. The summed E-state index contributed by atoms with van der Waals surface area (Å²) in [5, 5.41) is 7.09. The maximum absolute atomic E-state index is 6.24. The van der Waals surface area contributed by atoms with Crippen LogP contribution in [0, 0.1) is 0 Å². The predicted molar refractivity (Wildman–Crippen MR) is 90.8 cm³/mol. The summed E-state index contributed by atoms with van der Waals surface area (Å²) in [6.45, 7) is 2.75. The number of para-hydroxylation sites is 1. The molecule has 3 aromatic rings. The largest absolute Gasteiger partial charge is 0.369 e. The summed E-state index contributed by atoms with van der Waals surface area (Å²) in [6.07, 6.45) is 0. The SMILES string of the molecule is CCNc1nc(Sc2cc3ccccc3[nH]2)c(Cl)cc1Cl. The van der Waals surface area contributed by atoms with Crippen molar-refractivity contribution in [3.8, 4) is 0 Å². The van der Waals surface area contributed by atoms with E-state index < -0.39 is 0 Å². The Balaban J connectivity index is 1.94. The third-order valence-corrected chi connectivity index (χ3v) is 4.59. The standard InChI is InChI=1S/C15H13Cl2N3S/c1-2-18-14-10(16)8-11(17)15(20-14)21-13-7-9-5-3-4-6-12(9)19-13/h3-8,19H,2H2,1H3,(H,18,20). The second kappa shape index (κ2) is 6.18. The number of hydrogen-bond acceptors (Lipinski definition) is 3. The average molecular weight is 338 g/mol. The molecule has 0 fully saturated rings. The number of fused-ring (bicyclic) bond motifs is 1. The van der Waals surface area contributed by atoms with Gasteiger partial charge in [-0.2, -0.15) is 0 Å². The van der Waals surface area contributed by atoms with Gasteiger partial charge in [-0.15, -0.1) is 0 Å². The van der Waals surface area contributed by atoms with Crippen molar-refractivity contribution in [1.82, 2.24) is 9.97 Å². The van der Waals surface area contributed by atoms with E-state index in [9.17, 15) is 0 Å². The first-order chi connectivity index (χ1) is 10.2. The van der Waals surface area contributed by atoms with Crippen molar-refractivity contribution < 1.29 is 0 Å². The highest BCUT2D eigenvalue weighted by molar-refractivity contribution is 7.99. The first-order valence-electron chi connectivity index (χ1n) is 6.53. The van der Waals surface area contributed by atoms with Crippen LogP contribution in [0.3, 0.4) is 0 Å². The zero-order valence-electron chi connectivity index (χ0n) is 11.3. The van der Waals surface area contributed by atoms with Gasteiger partial charge >= 0.3 is 0 Å². The number of aromatic amines is 1. The molecule has 0 atom stereocenters. The third kappa shape index (κ3) is 3.12. The number of hydrogen-bond donors (Lipinski definition) is 2. The van der Waals surface area contributed by atoms with E-state index in [1.165, 1.54) is 11.8 Å². The van der Waals surface area contributed by atoms with Gasteiger partial charge in [0.05, 0.1) is 15.1 Å². The fourth-order valence-corrected chi connectivity index (χ4v) is 3.41. The number of nitrogens with zero attached hydrogens (tertiary/aromatic N) is 1. The van der Waals surface area contributed by atoms with Crippen molar-refractivity contribution >= 4 is 51.7 Å². The van der Waals surface area contributed by atoms with Crippen LogP contribution in [-0.4, -0.2) is 16.5 Å². The Hall–Kier alpha value is -1.36. The van der Waals surface area contributed by atoms with Gasteiger partial charge in [-0.1, -0.05) is 53.2 Å². The van der Waals surface area contributed by atoms with E-state index in [2.05, 4.69) is 27.4 Å². The van der Waals surface area contributed by atoms with E-state index in [0.717, 1.165) is 27.5 Å². The van der Waals surface area contributed by atoms with Crippen molar-refractivity contribution in [2.45, 2.75) is 17.0 Å². The van der Waals surface area contributed by atoms with Crippen LogP contribution >= 0.6 is 35.0 Å². The molecule has 3 rings (SSSR count). The average Bonchev–Trinajstić information content (AvgIpc) is 2.86. The monoisotopic (exact) mass is 337 g/mol. The molecule has 0 aliphatic heterocycles. The normalized spacial score (nSPS) is 11.0. The van der Waals surface area contributed by atoms with Crippen LogP contribution in [-0.2, 0) is 0 Å². The van der Waals surface area contributed by atoms with Crippen molar-refractivity contribution in [3.63, 3.8) is 0 Å². The number of aromatic nitrogens is 2. The molecule has 0 unspecified atom stereocenters. The van der Waals surface area contributed by atoms with E-state index in [4.69, 9.17) is 23.2 Å². The number of halogens is 2. The predicted octanol–water partition coefficient (Wildman–Crippen LogP) is 5.45. The van der Waals surface area contributed by atoms with E-state index in [-0.39, 0.29) is 0 Å². The minimum atomic E-state index is 0.530. The Bertz CT molecular complexity index is 753. The number of benzene rings is 1. The molecule has 2 aromatic heterocycles. The highest BCUT2D eigenvalue weighted by atomic mass is 35.5. The molecule has 0 saturated heterocycles. The van der Waals surface area contributed by atoms with Crippen molar-refractivity contribution in [2.24, 2.45) is 0 Å². The van der Waals surface area contributed by atoms with Crippen LogP contribution in [0.25, 0.3) is 10.9 Å². The molecule has 1 aromatic carbocycles. The van der Waals surface area contributed by atoms with E-state index in [1.54, 1.807) is 6.07 Å². The lowest BCUT2D eigenvalue weighted by Crippen LogP contribution is -2.00. The van der Waals surface area contributed by atoms with Crippen molar-refractivity contribution in [1.29, 1.82) is 0 Å². The number of anilines is 1. The summed E-state index contributed by atoms with van der Waals surface area (Å²) in [5.74, 6) is 0.655. The molecule has 21 heavy (non-hydrogen) atoms. The van der Waals surface area contributed by atoms with Crippen LogP contribution in [0.15, 0.2) is 46.5 Å². The molecule has 0 bridgehead atoms. The molecule has 0 amide bonds. The Kier molecular flexibility index (Phi) is 4.29. The van der Waals surface area contributed by atoms with E-state index in [1.807, 2.05) is 25.1 Å². The Morgan fingerprint density at radius 1 is 1.19 bits per heavy atom. The summed E-state index contributed by atoms with van der Waals surface area (Å²) >= 11 is 13.9. The van der Waals surface area contributed by atoms with Gasteiger partial charge in [0, 0.05) is 17.4 Å². The quantitative estimate of drug-likeness (QED) is 0.664. The fraction of sp³-hybridized carbons (Fsp3) is 0.133. The Morgan fingerprint density at radius 3 is 2.76 bits per heavy atom. The van der Waals surface area contributed by atoms with E-state index >= 15 is 0 Å². The van der Waals surface area contributed by atoms with Gasteiger partial charge in [0.2, 0.25) is 0 Å². The van der Waals surface area contributed by atoms with Crippen molar-refractivity contribution in [3.05, 3.63) is 46.4 Å². The van der Waals surface area contributed by atoms with Gasteiger partial charge in [-0.3, -0.25) is 0 Å². The lowest BCUT2D eigenvalue weighted by Gasteiger charge is -2.08. The van der Waals surface area contributed by atoms with Gasteiger partial charge in [-0.05, 0) is 25.1 Å². The summed E-state index contributed by atoms with van der Waals surface area (Å²) < 4.78 is 0. The highest BCUT2D eigenvalue weighted by Gasteiger charge is 2.11. The lowest BCUT2D eigenvalue weighted by atomic mass is 10.3. The minimum absolute atomic E-state index is 0.530. The minimum Gasteiger partial charge on any atom is -0.369 e.